The molecule has 0 saturated carbocycles. The number of amides is 2. The highest BCUT2D eigenvalue weighted by atomic mass is 35.5. The van der Waals surface area contributed by atoms with E-state index in [1.54, 1.807) is 24.3 Å². The summed E-state index contributed by atoms with van der Waals surface area (Å²) in [4.78, 5) is 16.6. The number of nitrogens with zero attached hydrogens (tertiary/aromatic N) is 2. The Morgan fingerprint density at radius 1 is 0.821 bits per heavy atom. The van der Waals surface area contributed by atoms with Gasteiger partial charge in [0.15, 0.2) is 0 Å². The van der Waals surface area contributed by atoms with Crippen LogP contribution in [0.15, 0.2) is 83.4 Å². The van der Waals surface area contributed by atoms with Crippen LogP contribution >= 0.6 is 11.6 Å². The molecule has 6 nitrogen and oxygen atoms in total. The van der Waals surface area contributed by atoms with Gasteiger partial charge in [-0.05, 0) is 48.5 Å². The number of hydrogen-bond donors (Lipinski definition) is 2. The van der Waals surface area contributed by atoms with Crippen LogP contribution in [0, 0.1) is 0 Å². The average molecular weight is 391 g/mol. The van der Waals surface area contributed by atoms with Crippen LogP contribution in [0.4, 0.5) is 16.2 Å². The first-order valence-corrected chi connectivity index (χ1v) is 8.88. The van der Waals surface area contributed by atoms with Gasteiger partial charge >= 0.3 is 6.03 Å². The van der Waals surface area contributed by atoms with E-state index in [9.17, 15) is 4.79 Å². The number of benzene rings is 3. The van der Waals surface area contributed by atoms with Crippen molar-refractivity contribution in [3.8, 4) is 22.8 Å². The predicted octanol–water partition coefficient (Wildman–Crippen LogP) is 5.70. The van der Waals surface area contributed by atoms with Gasteiger partial charge in [0.05, 0.1) is 0 Å². The van der Waals surface area contributed by atoms with Gasteiger partial charge in [0.2, 0.25) is 5.82 Å². The van der Waals surface area contributed by atoms with Crippen molar-refractivity contribution >= 4 is 29.0 Å². The molecule has 4 aromatic rings. The predicted molar refractivity (Wildman–Crippen MR) is 109 cm³/mol. The zero-order valence-electron chi connectivity index (χ0n) is 14.6. The summed E-state index contributed by atoms with van der Waals surface area (Å²) in [6.07, 6.45) is 0. The molecule has 0 unspecified atom stereocenters. The van der Waals surface area contributed by atoms with Crippen molar-refractivity contribution in [2.24, 2.45) is 0 Å². The Kier molecular flexibility index (Phi) is 5.03. The number of hydrogen-bond acceptors (Lipinski definition) is 4. The molecular weight excluding hydrogens is 376 g/mol. The number of urea groups is 1. The number of para-hydroxylation sites is 1. The molecule has 2 amide bonds. The fourth-order valence-corrected chi connectivity index (χ4v) is 2.73. The topological polar surface area (TPSA) is 80.0 Å². The van der Waals surface area contributed by atoms with Gasteiger partial charge in [-0.15, -0.1) is 0 Å². The molecule has 2 N–H and O–H groups in total. The van der Waals surface area contributed by atoms with E-state index >= 15 is 0 Å². The molecule has 0 aliphatic carbocycles. The number of anilines is 2. The largest absolute Gasteiger partial charge is 0.334 e. The highest BCUT2D eigenvalue weighted by Crippen LogP contribution is 2.25. The van der Waals surface area contributed by atoms with Gasteiger partial charge in [0.25, 0.3) is 5.89 Å². The summed E-state index contributed by atoms with van der Waals surface area (Å²) in [5.41, 5.74) is 2.83. The molecule has 7 heteroatoms. The van der Waals surface area contributed by atoms with Gasteiger partial charge < -0.3 is 15.2 Å². The smallest absolute Gasteiger partial charge is 0.323 e. The van der Waals surface area contributed by atoms with Crippen molar-refractivity contribution < 1.29 is 9.32 Å². The number of rotatable bonds is 4. The minimum atomic E-state index is -0.335. The second kappa shape index (κ2) is 7.94. The maximum atomic E-state index is 12.2. The van der Waals surface area contributed by atoms with Gasteiger partial charge in [-0.2, -0.15) is 4.98 Å². The second-order valence-electron chi connectivity index (χ2n) is 5.96. The van der Waals surface area contributed by atoms with Crippen molar-refractivity contribution in [1.29, 1.82) is 0 Å². The summed E-state index contributed by atoms with van der Waals surface area (Å²) >= 11 is 5.90. The lowest BCUT2D eigenvalue weighted by molar-refractivity contribution is 0.262. The molecule has 138 valence electrons. The van der Waals surface area contributed by atoms with E-state index in [4.69, 9.17) is 16.1 Å². The van der Waals surface area contributed by atoms with E-state index in [0.717, 1.165) is 11.1 Å². The standard InChI is InChI=1S/C21H15ClN4O2/c22-16-11-9-14(10-12-16)20-25-19(26-28-20)15-5-4-8-18(13-15)24-21(27)23-17-6-2-1-3-7-17/h1-13H,(H2,23,24,27). The van der Waals surface area contributed by atoms with Gasteiger partial charge in [0, 0.05) is 27.5 Å². The van der Waals surface area contributed by atoms with Gasteiger partial charge in [-0.25, -0.2) is 4.79 Å². The first-order valence-electron chi connectivity index (χ1n) is 8.50. The number of carbonyl (C=O) groups excluding carboxylic acids is 1. The Bertz CT molecular complexity index is 1090. The summed E-state index contributed by atoms with van der Waals surface area (Å²) in [6, 6.07) is 23.2. The number of nitrogens with one attached hydrogen (secondary N) is 2. The Morgan fingerprint density at radius 3 is 2.32 bits per heavy atom. The Labute approximate surface area is 166 Å². The van der Waals surface area contributed by atoms with E-state index in [1.165, 1.54) is 0 Å². The van der Waals surface area contributed by atoms with Crippen LogP contribution in [0.1, 0.15) is 0 Å². The van der Waals surface area contributed by atoms with Crippen LogP contribution in [0.5, 0.6) is 0 Å². The highest BCUT2D eigenvalue weighted by Gasteiger charge is 2.11. The van der Waals surface area contributed by atoms with Crippen LogP contribution in [-0.4, -0.2) is 16.2 Å². The summed E-state index contributed by atoms with van der Waals surface area (Å²) < 4.78 is 5.34. The lowest BCUT2D eigenvalue weighted by Gasteiger charge is -2.08. The summed E-state index contributed by atoms with van der Waals surface area (Å²) in [5.74, 6) is 0.823. The number of aromatic nitrogens is 2. The molecule has 0 radical (unpaired) electrons. The van der Waals surface area contributed by atoms with Crippen molar-refractivity contribution in [3.05, 3.63) is 83.9 Å². The monoisotopic (exact) mass is 390 g/mol. The Morgan fingerprint density at radius 2 is 1.54 bits per heavy atom. The average Bonchev–Trinajstić information content (AvgIpc) is 3.20. The molecule has 0 aliphatic heterocycles. The van der Waals surface area contributed by atoms with Crippen LogP contribution in [-0.2, 0) is 0 Å². The maximum absolute atomic E-state index is 12.2. The minimum absolute atomic E-state index is 0.335. The van der Waals surface area contributed by atoms with Crippen molar-refractivity contribution in [2.45, 2.75) is 0 Å². The molecule has 3 aromatic carbocycles. The van der Waals surface area contributed by atoms with E-state index in [2.05, 4.69) is 20.8 Å². The van der Waals surface area contributed by atoms with Gasteiger partial charge in [-0.3, -0.25) is 0 Å². The van der Waals surface area contributed by atoms with Crippen LogP contribution < -0.4 is 10.6 Å². The van der Waals surface area contributed by atoms with E-state index in [0.29, 0.717) is 28.1 Å². The third kappa shape index (κ3) is 4.19. The molecule has 4 rings (SSSR count). The molecule has 0 saturated heterocycles. The first kappa shape index (κ1) is 17.8. The summed E-state index contributed by atoms with van der Waals surface area (Å²) in [7, 11) is 0. The Hall–Kier alpha value is -3.64. The van der Waals surface area contributed by atoms with Gasteiger partial charge in [0.1, 0.15) is 0 Å². The molecule has 0 aliphatic rings. The lowest BCUT2D eigenvalue weighted by atomic mass is 10.2. The normalized spacial score (nSPS) is 10.5. The zero-order chi connectivity index (χ0) is 19.3. The number of halogens is 1. The fourth-order valence-electron chi connectivity index (χ4n) is 2.60. The maximum Gasteiger partial charge on any atom is 0.323 e. The molecule has 0 atom stereocenters. The second-order valence-corrected chi connectivity index (χ2v) is 6.39. The molecule has 0 bridgehead atoms. The van der Waals surface area contributed by atoms with E-state index in [-0.39, 0.29) is 6.03 Å². The summed E-state index contributed by atoms with van der Waals surface area (Å²) in [6.45, 7) is 0. The lowest BCUT2D eigenvalue weighted by Crippen LogP contribution is -2.19. The third-order valence-electron chi connectivity index (χ3n) is 3.93. The summed E-state index contributed by atoms with van der Waals surface area (Å²) in [5, 5.41) is 10.2. The van der Waals surface area contributed by atoms with Crippen LogP contribution in [0.25, 0.3) is 22.8 Å². The quantitative estimate of drug-likeness (QED) is 0.468. The van der Waals surface area contributed by atoms with Crippen LogP contribution in [0.2, 0.25) is 5.02 Å². The van der Waals surface area contributed by atoms with Crippen molar-refractivity contribution in [2.75, 3.05) is 10.6 Å². The SMILES string of the molecule is O=C(Nc1ccccc1)Nc1cccc(-c2noc(-c3ccc(Cl)cc3)n2)c1. The number of carbonyl (C=O) groups is 1. The zero-order valence-corrected chi connectivity index (χ0v) is 15.4. The minimum Gasteiger partial charge on any atom is -0.334 e. The highest BCUT2D eigenvalue weighted by molar-refractivity contribution is 6.30. The molecule has 0 spiro atoms. The van der Waals surface area contributed by atoms with Crippen molar-refractivity contribution in [3.63, 3.8) is 0 Å². The van der Waals surface area contributed by atoms with E-state index in [1.807, 2.05) is 54.6 Å². The Balaban J connectivity index is 1.49. The first-order chi connectivity index (χ1) is 13.7. The molecule has 28 heavy (non-hydrogen) atoms. The van der Waals surface area contributed by atoms with Crippen LogP contribution in [0.3, 0.4) is 0 Å². The molecule has 1 aromatic heterocycles. The van der Waals surface area contributed by atoms with Crippen molar-refractivity contribution in [1.82, 2.24) is 10.1 Å². The van der Waals surface area contributed by atoms with E-state index < -0.39 is 0 Å². The molecule has 1 heterocycles. The third-order valence-corrected chi connectivity index (χ3v) is 4.18. The van der Waals surface area contributed by atoms with Gasteiger partial charge in [-0.1, -0.05) is 47.1 Å². The molecular formula is C21H15ClN4O2. The molecule has 0 fully saturated rings. The fraction of sp³-hybridized carbons (Fsp3) is 0.